The number of hydrogen-bond donors (Lipinski definition) is 2. The number of rotatable bonds is 6. The van der Waals surface area contributed by atoms with Gasteiger partial charge in [0.1, 0.15) is 5.75 Å². The van der Waals surface area contributed by atoms with Crippen molar-refractivity contribution in [3.05, 3.63) is 24.3 Å². The number of amides is 1. The molecule has 1 aromatic rings. The molecule has 2 N–H and O–H groups in total. The second-order valence-corrected chi connectivity index (χ2v) is 4.32. The SMILES string of the molecule is COc1ccccc1NC(=O)CNCC1CC1. The van der Waals surface area contributed by atoms with Gasteiger partial charge < -0.3 is 15.4 Å². The zero-order valence-electron chi connectivity index (χ0n) is 10.0. The molecular weight excluding hydrogens is 216 g/mol. The quantitative estimate of drug-likeness (QED) is 0.786. The molecule has 0 spiro atoms. The number of para-hydroxylation sites is 2. The molecular formula is C13H18N2O2. The maximum Gasteiger partial charge on any atom is 0.238 e. The van der Waals surface area contributed by atoms with Gasteiger partial charge in [0, 0.05) is 0 Å². The Morgan fingerprint density at radius 3 is 2.88 bits per heavy atom. The highest BCUT2D eigenvalue weighted by molar-refractivity contribution is 5.93. The Labute approximate surface area is 101 Å². The lowest BCUT2D eigenvalue weighted by atomic mass is 10.3. The van der Waals surface area contributed by atoms with Gasteiger partial charge in [0.25, 0.3) is 0 Å². The fourth-order valence-corrected chi connectivity index (χ4v) is 1.65. The van der Waals surface area contributed by atoms with Crippen LogP contribution in [0.4, 0.5) is 5.69 Å². The first-order valence-corrected chi connectivity index (χ1v) is 5.93. The molecule has 0 saturated heterocycles. The van der Waals surface area contributed by atoms with Crippen molar-refractivity contribution in [2.45, 2.75) is 12.8 Å². The predicted octanol–water partition coefficient (Wildman–Crippen LogP) is 1.63. The van der Waals surface area contributed by atoms with Crippen molar-refractivity contribution in [1.29, 1.82) is 0 Å². The van der Waals surface area contributed by atoms with E-state index in [0.717, 1.165) is 12.5 Å². The summed E-state index contributed by atoms with van der Waals surface area (Å²) in [7, 11) is 1.59. The number of hydrogen-bond acceptors (Lipinski definition) is 3. The molecule has 1 amide bonds. The Morgan fingerprint density at radius 2 is 2.18 bits per heavy atom. The number of methoxy groups -OCH3 is 1. The average Bonchev–Trinajstić information content (AvgIpc) is 3.14. The fourth-order valence-electron chi connectivity index (χ4n) is 1.65. The molecule has 4 heteroatoms. The van der Waals surface area contributed by atoms with Gasteiger partial charge in [0.05, 0.1) is 19.3 Å². The molecule has 1 aromatic carbocycles. The second-order valence-electron chi connectivity index (χ2n) is 4.32. The van der Waals surface area contributed by atoms with Gasteiger partial charge in [0.2, 0.25) is 5.91 Å². The van der Waals surface area contributed by atoms with Crippen LogP contribution in [0.15, 0.2) is 24.3 Å². The fraction of sp³-hybridized carbons (Fsp3) is 0.462. The highest BCUT2D eigenvalue weighted by Gasteiger charge is 2.20. The third-order valence-electron chi connectivity index (χ3n) is 2.80. The molecule has 92 valence electrons. The van der Waals surface area contributed by atoms with Crippen molar-refractivity contribution in [1.82, 2.24) is 5.32 Å². The summed E-state index contributed by atoms with van der Waals surface area (Å²) in [6.07, 6.45) is 2.59. The van der Waals surface area contributed by atoms with Crippen molar-refractivity contribution >= 4 is 11.6 Å². The van der Waals surface area contributed by atoms with Gasteiger partial charge in [-0.05, 0) is 37.4 Å². The van der Waals surface area contributed by atoms with Crippen molar-refractivity contribution in [2.24, 2.45) is 5.92 Å². The van der Waals surface area contributed by atoms with E-state index in [9.17, 15) is 4.79 Å². The van der Waals surface area contributed by atoms with E-state index in [-0.39, 0.29) is 5.91 Å². The van der Waals surface area contributed by atoms with Crippen LogP contribution >= 0.6 is 0 Å². The molecule has 1 aliphatic carbocycles. The lowest BCUT2D eigenvalue weighted by molar-refractivity contribution is -0.115. The summed E-state index contributed by atoms with van der Waals surface area (Å²) in [4.78, 5) is 11.7. The van der Waals surface area contributed by atoms with E-state index in [1.54, 1.807) is 7.11 Å². The molecule has 1 saturated carbocycles. The highest BCUT2D eigenvalue weighted by Crippen LogP contribution is 2.27. The minimum atomic E-state index is -0.0323. The van der Waals surface area contributed by atoms with Crippen LogP contribution in [0.5, 0.6) is 5.75 Å². The number of benzene rings is 1. The number of anilines is 1. The van der Waals surface area contributed by atoms with Gasteiger partial charge in [0.15, 0.2) is 0 Å². The van der Waals surface area contributed by atoms with Crippen LogP contribution in [-0.4, -0.2) is 26.1 Å². The minimum Gasteiger partial charge on any atom is -0.495 e. The number of carbonyl (C=O) groups is 1. The van der Waals surface area contributed by atoms with Gasteiger partial charge in [-0.15, -0.1) is 0 Å². The van der Waals surface area contributed by atoms with Crippen LogP contribution in [0.3, 0.4) is 0 Å². The van der Waals surface area contributed by atoms with E-state index in [2.05, 4.69) is 10.6 Å². The maximum atomic E-state index is 11.7. The van der Waals surface area contributed by atoms with Crippen LogP contribution in [0.2, 0.25) is 0 Å². The standard InChI is InChI=1S/C13H18N2O2/c1-17-12-5-3-2-4-11(12)15-13(16)9-14-8-10-6-7-10/h2-5,10,14H,6-9H2,1H3,(H,15,16). The molecule has 4 nitrogen and oxygen atoms in total. The van der Waals surface area contributed by atoms with Crippen molar-refractivity contribution in [3.8, 4) is 5.75 Å². The van der Waals surface area contributed by atoms with Crippen molar-refractivity contribution in [2.75, 3.05) is 25.5 Å². The molecule has 1 aliphatic rings. The van der Waals surface area contributed by atoms with E-state index in [4.69, 9.17) is 4.74 Å². The Kier molecular flexibility index (Phi) is 3.98. The zero-order chi connectivity index (χ0) is 12.1. The summed E-state index contributed by atoms with van der Waals surface area (Å²) in [5, 5.41) is 5.98. The topological polar surface area (TPSA) is 50.4 Å². The summed E-state index contributed by atoms with van der Waals surface area (Å²) in [6.45, 7) is 1.30. The van der Waals surface area contributed by atoms with Gasteiger partial charge in [-0.3, -0.25) is 4.79 Å². The second kappa shape index (κ2) is 5.68. The molecule has 0 atom stereocenters. The Balaban J connectivity index is 1.79. The average molecular weight is 234 g/mol. The van der Waals surface area contributed by atoms with Crippen molar-refractivity contribution in [3.63, 3.8) is 0 Å². The Bertz CT molecular complexity index is 389. The zero-order valence-corrected chi connectivity index (χ0v) is 10.0. The number of ether oxygens (including phenoxy) is 1. The normalized spacial score (nSPS) is 14.4. The van der Waals surface area contributed by atoms with Crippen LogP contribution < -0.4 is 15.4 Å². The molecule has 1 fully saturated rings. The minimum absolute atomic E-state index is 0.0323. The van der Waals surface area contributed by atoms with Crippen LogP contribution in [-0.2, 0) is 4.79 Å². The third kappa shape index (κ3) is 3.75. The lowest BCUT2D eigenvalue weighted by Gasteiger charge is -2.10. The third-order valence-corrected chi connectivity index (χ3v) is 2.80. The molecule has 0 radical (unpaired) electrons. The maximum absolute atomic E-state index is 11.7. The monoisotopic (exact) mass is 234 g/mol. The van der Waals surface area contributed by atoms with Crippen LogP contribution in [0.1, 0.15) is 12.8 Å². The largest absolute Gasteiger partial charge is 0.495 e. The first kappa shape index (κ1) is 11.9. The summed E-state index contributed by atoms with van der Waals surface area (Å²) < 4.78 is 5.16. The molecule has 0 heterocycles. The summed E-state index contributed by atoms with van der Waals surface area (Å²) in [5.41, 5.74) is 0.716. The van der Waals surface area contributed by atoms with Crippen LogP contribution in [0, 0.1) is 5.92 Å². The highest BCUT2D eigenvalue weighted by atomic mass is 16.5. The number of carbonyl (C=O) groups excluding carboxylic acids is 1. The predicted molar refractivity (Wildman–Crippen MR) is 67.2 cm³/mol. The smallest absolute Gasteiger partial charge is 0.238 e. The first-order chi connectivity index (χ1) is 8.29. The first-order valence-electron chi connectivity index (χ1n) is 5.93. The van der Waals surface area contributed by atoms with E-state index in [0.29, 0.717) is 18.0 Å². The molecule has 0 aliphatic heterocycles. The Hall–Kier alpha value is -1.55. The summed E-state index contributed by atoms with van der Waals surface area (Å²) in [6, 6.07) is 7.40. The number of nitrogens with one attached hydrogen (secondary N) is 2. The molecule has 0 unspecified atom stereocenters. The van der Waals surface area contributed by atoms with E-state index in [1.165, 1.54) is 12.8 Å². The summed E-state index contributed by atoms with van der Waals surface area (Å²) in [5.74, 6) is 1.44. The summed E-state index contributed by atoms with van der Waals surface area (Å²) >= 11 is 0. The molecule has 0 aromatic heterocycles. The molecule has 0 bridgehead atoms. The van der Waals surface area contributed by atoms with E-state index in [1.807, 2.05) is 24.3 Å². The van der Waals surface area contributed by atoms with Crippen LogP contribution in [0.25, 0.3) is 0 Å². The lowest BCUT2D eigenvalue weighted by Crippen LogP contribution is -2.29. The molecule has 17 heavy (non-hydrogen) atoms. The van der Waals surface area contributed by atoms with Crippen molar-refractivity contribution < 1.29 is 9.53 Å². The van der Waals surface area contributed by atoms with Gasteiger partial charge in [-0.25, -0.2) is 0 Å². The molecule has 2 rings (SSSR count). The van der Waals surface area contributed by atoms with Gasteiger partial charge >= 0.3 is 0 Å². The Morgan fingerprint density at radius 1 is 1.41 bits per heavy atom. The van der Waals surface area contributed by atoms with Gasteiger partial charge in [-0.2, -0.15) is 0 Å². The van der Waals surface area contributed by atoms with E-state index < -0.39 is 0 Å². The van der Waals surface area contributed by atoms with E-state index >= 15 is 0 Å². The van der Waals surface area contributed by atoms with Gasteiger partial charge in [-0.1, -0.05) is 12.1 Å².